The minimum atomic E-state index is -0.925. The van der Waals surface area contributed by atoms with Crippen LogP contribution in [-0.4, -0.2) is 10.9 Å². The van der Waals surface area contributed by atoms with Gasteiger partial charge >= 0.3 is 0 Å². The van der Waals surface area contributed by atoms with E-state index in [2.05, 4.69) is 0 Å². The van der Waals surface area contributed by atoms with Gasteiger partial charge in [-0.15, -0.1) is 0 Å². The zero-order valence-electron chi connectivity index (χ0n) is 10.2. The maximum Gasteiger partial charge on any atom is 0.135 e. The van der Waals surface area contributed by atoms with Gasteiger partial charge in [-0.2, -0.15) is 0 Å². The van der Waals surface area contributed by atoms with Gasteiger partial charge in [0, 0.05) is 12.3 Å². The molecule has 0 radical (unpaired) electrons. The number of rotatable bonds is 5. The molecule has 2 heteroatoms. The Labute approximate surface area is 97.3 Å². The van der Waals surface area contributed by atoms with Crippen molar-refractivity contribution < 1.29 is 9.90 Å². The quantitative estimate of drug-likeness (QED) is 0.828. The van der Waals surface area contributed by atoms with Crippen molar-refractivity contribution >= 4 is 5.78 Å². The molecular weight excluding hydrogens is 200 g/mol. The molecule has 2 atom stereocenters. The lowest BCUT2D eigenvalue weighted by atomic mass is 9.84. The van der Waals surface area contributed by atoms with Crippen molar-refractivity contribution in [3.8, 4) is 0 Å². The molecule has 0 saturated heterocycles. The van der Waals surface area contributed by atoms with E-state index in [-0.39, 0.29) is 11.7 Å². The molecule has 0 saturated carbocycles. The van der Waals surface area contributed by atoms with E-state index in [1.807, 2.05) is 44.2 Å². The number of carbonyl (C=O) groups excluding carboxylic acids is 1. The molecule has 0 amide bonds. The van der Waals surface area contributed by atoms with E-state index in [1.165, 1.54) is 0 Å². The van der Waals surface area contributed by atoms with E-state index >= 15 is 0 Å². The summed E-state index contributed by atoms with van der Waals surface area (Å²) in [4.78, 5) is 11.5. The molecule has 1 N–H and O–H groups in total. The van der Waals surface area contributed by atoms with Gasteiger partial charge in [0.05, 0.1) is 5.60 Å². The third-order valence-electron chi connectivity index (χ3n) is 3.00. The number of Topliss-reactive ketones (excluding diaryl/α,β-unsaturated/α-hetero) is 1. The summed E-state index contributed by atoms with van der Waals surface area (Å²) in [6.45, 7) is 5.50. The van der Waals surface area contributed by atoms with Crippen molar-refractivity contribution in [3.63, 3.8) is 0 Å². The highest BCUT2D eigenvalue weighted by atomic mass is 16.3. The van der Waals surface area contributed by atoms with E-state index in [9.17, 15) is 9.90 Å². The predicted molar refractivity (Wildman–Crippen MR) is 65.1 cm³/mol. The molecule has 1 rings (SSSR count). The van der Waals surface area contributed by atoms with Crippen LogP contribution in [0.2, 0.25) is 0 Å². The van der Waals surface area contributed by atoms with Crippen LogP contribution in [-0.2, 0) is 10.4 Å². The van der Waals surface area contributed by atoms with E-state index < -0.39 is 5.60 Å². The third kappa shape index (κ3) is 3.17. The summed E-state index contributed by atoms with van der Waals surface area (Å²) in [6, 6.07) is 9.50. The van der Waals surface area contributed by atoms with Gasteiger partial charge in [0.25, 0.3) is 0 Å². The number of carbonyl (C=O) groups is 1. The smallest absolute Gasteiger partial charge is 0.135 e. The molecule has 0 aliphatic rings. The third-order valence-corrected chi connectivity index (χ3v) is 3.00. The number of hydrogen-bond donors (Lipinski definition) is 1. The fourth-order valence-corrected chi connectivity index (χ4v) is 1.97. The van der Waals surface area contributed by atoms with Gasteiger partial charge in [-0.05, 0) is 18.9 Å². The van der Waals surface area contributed by atoms with Crippen molar-refractivity contribution in [1.29, 1.82) is 0 Å². The Hall–Kier alpha value is -1.15. The summed E-state index contributed by atoms with van der Waals surface area (Å²) in [6.07, 6.45) is 1.01. The van der Waals surface area contributed by atoms with E-state index in [0.29, 0.717) is 12.8 Å². The molecule has 1 aromatic rings. The molecule has 0 aliphatic heterocycles. The summed E-state index contributed by atoms with van der Waals surface area (Å²) in [5.74, 6) is 0.108. The molecular formula is C14H20O2. The largest absolute Gasteiger partial charge is 0.385 e. The Balaban J connectivity index is 2.76. The second kappa shape index (κ2) is 5.26. The predicted octanol–water partition coefficient (Wildman–Crippen LogP) is 2.90. The van der Waals surface area contributed by atoms with Crippen molar-refractivity contribution in [2.75, 3.05) is 0 Å². The molecule has 0 fully saturated rings. The van der Waals surface area contributed by atoms with E-state index in [1.54, 1.807) is 6.92 Å². The van der Waals surface area contributed by atoms with Crippen LogP contribution in [0, 0.1) is 5.92 Å². The van der Waals surface area contributed by atoms with Gasteiger partial charge < -0.3 is 5.11 Å². The van der Waals surface area contributed by atoms with Crippen molar-refractivity contribution in [2.45, 2.75) is 39.2 Å². The molecule has 88 valence electrons. The number of aliphatic hydroxyl groups is 1. The summed E-state index contributed by atoms with van der Waals surface area (Å²) in [5.41, 5.74) is -0.0587. The first-order chi connectivity index (χ1) is 7.47. The van der Waals surface area contributed by atoms with Gasteiger partial charge in [-0.25, -0.2) is 0 Å². The molecule has 2 unspecified atom stereocenters. The van der Waals surface area contributed by atoms with Gasteiger partial charge in [-0.3, -0.25) is 4.79 Å². The Morgan fingerprint density at radius 3 is 2.44 bits per heavy atom. The lowest BCUT2D eigenvalue weighted by molar-refractivity contribution is -0.124. The van der Waals surface area contributed by atoms with Crippen LogP contribution in [0.4, 0.5) is 0 Å². The molecule has 0 aromatic heterocycles. The molecule has 0 heterocycles. The first-order valence-electron chi connectivity index (χ1n) is 5.78. The second-order valence-electron chi connectivity index (χ2n) is 4.56. The van der Waals surface area contributed by atoms with E-state index in [4.69, 9.17) is 0 Å². The van der Waals surface area contributed by atoms with Gasteiger partial charge in [-0.1, -0.05) is 44.2 Å². The fourth-order valence-electron chi connectivity index (χ4n) is 1.97. The highest BCUT2D eigenvalue weighted by molar-refractivity contribution is 5.80. The second-order valence-corrected chi connectivity index (χ2v) is 4.56. The average Bonchev–Trinajstić information content (AvgIpc) is 2.28. The SMILES string of the molecule is CCC(=O)C(C)CC(C)(O)c1ccccc1. The molecule has 1 aromatic carbocycles. The van der Waals surface area contributed by atoms with Crippen LogP contribution >= 0.6 is 0 Å². The Kier molecular flexibility index (Phi) is 4.25. The lowest BCUT2D eigenvalue weighted by Gasteiger charge is -2.26. The number of benzene rings is 1. The zero-order valence-corrected chi connectivity index (χ0v) is 10.2. The van der Waals surface area contributed by atoms with Crippen LogP contribution in [0.5, 0.6) is 0 Å². The zero-order chi connectivity index (χ0) is 12.2. The fraction of sp³-hybridized carbons (Fsp3) is 0.500. The molecule has 0 spiro atoms. The minimum absolute atomic E-state index is 0.0970. The van der Waals surface area contributed by atoms with Crippen LogP contribution in [0.25, 0.3) is 0 Å². The maximum absolute atomic E-state index is 11.5. The number of ketones is 1. The Bertz CT molecular complexity index is 341. The molecule has 0 bridgehead atoms. The molecule has 2 nitrogen and oxygen atoms in total. The van der Waals surface area contributed by atoms with Gasteiger partial charge in [0.15, 0.2) is 0 Å². The van der Waals surface area contributed by atoms with Crippen molar-refractivity contribution in [3.05, 3.63) is 35.9 Å². The van der Waals surface area contributed by atoms with Crippen LogP contribution in [0.15, 0.2) is 30.3 Å². The highest BCUT2D eigenvalue weighted by Gasteiger charge is 2.27. The first kappa shape index (κ1) is 12.9. The average molecular weight is 220 g/mol. The highest BCUT2D eigenvalue weighted by Crippen LogP contribution is 2.28. The summed E-state index contributed by atoms with van der Waals surface area (Å²) < 4.78 is 0. The van der Waals surface area contributed by atoms with Crippen LogP contribution in [0.3, 0.4) is 0 Å². The van der Waals surface area contributed by atoms with Crippen molar-refractivity contribution in [2.24, 2.45) is 5.92 Å². The number of hydrogen-bond acceptors (Lipinski definition) is 2. The van der Waals surface area contributed by atoms with Crippen molar-refractivity contribution in [1.82, 2.24) is 0 Å². The normalized spacial score (nSPS) is 16.5. The van der Waals surface area contributed by atoms with Crippen LogP contribution in [0.1, 0.15) is 39.2 Å². The summed E-state index contributed by atoms with van der Waals surface area (Å²) >= 11 is 0. The minimum Gasteiger partial charge on any atom is -0.385 e. The first-order valence-corrected chi connectivity index (χ1v) is 5.78. The lowest BCUT2D eigenvalue weighted by Crippen LogP contribution is -2.27. The summed E-state index contributed by atoms with van der Waals surface area (Å²) in [7, 11) is 0. The topological polar surface area (TPSA) is 37.3 Å². The van der Waals surface area contributed by atoms with Gasteiger partial charge in [0.2, 0.25) is 0 Å². The maximum atomic E-state index is 11.5. The van der Waals surface area contributed by atoms with E-state index in [0.717, 1.165) is 5.56 Å². The standard InChI is InChI=1S/C14H20O2/c1-4-13(15)11(2)10-14(3,16)12-8-6-5-7-9-12/h5-9,11,16H,4,10H2,1-3H3. The monoisotopic (exact) mass is 220 g/mol. The molecule has 0 aliphatic carbocycles. The Morgan fingerprint density at radius 1 is 1.38 bits per heavy atom. The van der Waals surface area contributed by atoms with Gasteiger partial charge in [0.1, 0.15) is 5.78 Å². The summed E-state index contributed by atoms with van der Waals surface area (Å²) in [5, 5.41) is 10.3. The Morgan fingerprint density at radius 2 is 1.94 bits per heavy atom. The van der Waals surface area contributed by atoms with Crippen LogP contribution < -0.4 is 0 Å². The molecule has 16 heavy (non-hydrogen) atoms.